The second-order valence-electron chi connectivity index (χ2n) is 8.09. The van der Waals surface area contributed by atoms with Gasteiger partial charge in [0.2, 0.25) is 0 Å². The van der Waals surface area contributed by atoms with Gasteiger partial charge in [-0.2, -0.15) is 0 Å². The summed E-state index contributed by atoms with van der Waals surface area (Å²) >= 11 is 0. The quantitative estimate of drug-likeness (QED) is 0.329. The van der Waals surface area contributed by atoms with Crippen LogP contribution in [-0.4, -0.2) is 0 Å². The lowest BCUT2D eigenvalue weighted by molar-refractivity contribution is 1.14. The third-order valence-corrected chi connectivity index (χ3v) is 6.37. The Kier molecular flexibility index (Phi) is 4.02. The predicted octanol–water partition coefficient (Wildman–Crippen LogP) is 8.00. The van der Waals surface area contributed by atoms with Crippen LogP contribution < -0.4 is 0 Å². The molecule has 0 unspecified atom stereocenters. The summed E-state index contributed by atoms with van der Waals surface area (Å²) in [5.41, 5.74) is 10.8. The molecule has 0 radical (unpaired) electrons. The molecule has 0 spiro atoms. The second-order valence-corrected chi connectivity index (χ2v) is 8.09. The number of hydrogen-bond donors (Lipinski definition) is 0. The van der Waals surface area contributed by atoms with Crippen LogP contribution in [0.3, 0.4) is 0 Å². The van der Waals surface area contributed by atoms with Crippen molar-refractivity contribution in [2.24, 2.45) is 0 Å². The van der Waals surface area contributed by atoms with Crippen LogP contribution in [0.2, 0.25) is 0 Å². The molecule has 142 valence electrons. The molecule has 0 nitrogen and oxygen atoms in total. The minimum absolute atomic E-state index is 1.03. The lowest BCUT2D eigenvalue weighted by Crippen LogP contribution is -2.04. The van der Waals surface area contributed by atoms with E-state index in [1.807, 2.05) is 0 Å². The van der Waals surface area contributed by atoms with Gasteiger partial charge in [-0.15, -0.1) is 0 Å². The van der Waals surface area contributed by atoms with Gasteiger partial charge < -0.3 is 0 Å². The Morgan fingerprint density at radius 3 is 2.10 bits per heavy atom. The van der Waals surface area contributed by atoms with Crippen molar-refractivity contribution >= 4 is 16.3 Å². The molecule has 0 heteroatoms. The van der Waals surface area contributed by atoms with Crippen molar-refractivity contribution in [1.82, 2.24) is 0 Å². The third-order valence-electron chi connectivity index (χ3n) is 6.37. The summed E-state index contributed by atoms with van der Waals surface area (Å²) in [6.45, 7) is 0. The highest BCUT2D eigenvalue weighted by atomic mass is 14.2. The summed E-state index contributed by atoms with van der Waals surface area (Å²) in [7, 11) is 0. The minimum Gasteiger partial charge on any atom is -0.0801 e. The molecule has 6 rings (SSSR count). The van der Waals surface area contributed by atoms with E-state index >= 15 is 0 Å². The number of hydrogen-bond acceptors (Lipinski definition) is 0. The molecule has 0 aromatic heterocycles. The Morgan fingerprint density at radius 1 is 0.567 bits per heavy atom. The normalized spacial score (nSPS) is 14.7. The first-order valence-electron chi connectivity index (χ1n) is 10.7. The molecule has 0 saturated carbocycles. The fourth-order valence-electron chi connectivity index (χ4n) is 4.86. The van der Waals surface area contributed by atoms with E-state index in [-0.39, 0.29) is 0 Å². The fourth-order valence-corrected chi connectivity index (χ4v) is 4.86. The molecule has 0 heterocycles. The first-order valence-corrected chi connectivity index (χ1v) is 10.7. The number of benzene rings is 4. The van der Waals surface area contributed by atoms with E-state index in [1.165, 1.54) is 55.3 Å². The average Bonchev–Trinajstić information content (AvgIpc) is 2.83. The zero-order chi connectivity index (χ0) is 19.9. The van der Waals surface area contributed by atoms with Crippen LogP contribution in [0.15, 0.2) is 115 Å². The fraction of sp³-hybridized carbons (Fsp3) is 0.0667. The van der Waals surface area contributed by atoms with Crippen LogP contribution in [-0.2, 0) is 6.42 Å². The van der Waals surface area contributed by atoms with Crippen molar-refractivity contribution in [2.75, 3.05) is 0 Å². The monoisotopic (exact) mass is 382 g/mol. The zero-order valence-electron chi connectivity index (χ0n) is 16.8. The number of allylic oxidation sites excluding steroid dienone is 6. The van der Waals surface area contributed by atoms with Crippen LogP contribution in [0, 0.1) is 0 Å². The van der Waals surface area contributed by atoms with Crippen LogP contribution in [0.4, 0.5) is 0 Å². The molecule has 2 aliphatic carbocycles. The summed E-state index contributed by atoms with van der Waals surface area (Å²) in [4.78, 5) is 0. The highest BCUT2D eigenvalue weighted by Crippen LogP contribution is 2.40. The molecule has 0 atom stereocenters. The zero-order valence-corrected chi connectivity index (χ0v) is 16.8. The van der Waals surface area contributed by atoms with Gasteiger partial charge in [-0.05, 0) is 74.2 Å². The molecule has 0 saturated heterocycles. The van der Waals surface area contributed by atoms with Gasteiger partial charge >= 0.3 is 0 Å². The van der Waals surface area contributed by atoms with Crippen molar-refractivity contribution in [3.05, 3.63) is 126 Å². The number of fused-ring (bicyclic) bond motifs is 4. The third kappa shape index (κ3) is 2.76. The van der Waals surface area contributed by atoms with Crippen molar-refractivity contribution in [3.8, 4) is 22.3 Å². The van der Waals surface area contributed by atoms with Crippen molar-refractivity contribution in [1.29, 1.82) is 0 Å². The summed E-state index contributed by atoms with van der Waals surface area (Å²) in [5, 5.41) is 2.61. The lowest BCUT2D eigenvalue weighted by atomic mass is 9.81. The Labute approximate surface area is 177 Å². The smallest absolute Gasteiger partial charge is 0.00851 e. The van der Waals surface area contributed by atoms with Crippen LogP contribution in [0.5, 0.6) is 0 Å². The maximum atomic E-state index is 2.40. The van der Waals surface area contributed by atoms with E-state index in [1.54, 1.807) is 0 Å². The van der Waals surface area contributed by atoms with E-state index in [0.29, 0.717) is 0 Å². The van der Waals surface area contributed by atoms with Gasteiger partial charge in [0.15, 0.2) is 0 Å². The van der Waals surface area contributed by atoms with Crippen LogP contribution >= 0.6 is 0 Å². The first kappa shape index (κ1) is 17.2. The van der Waals surface area contributed by atoms with Gasteiger partial charge in [-0.25, -0.2) is 0 Å². The molecule has 0 bridgehead atoms. The van der Waals surface area contributed by atoms with E-state index in [0.717, 1.165) is 12.8 Å². The molecule has 4 aromatic carbocycles. The van der Waals surface area contributed by atoms with E-state index < -0.39 is 0 Å². The van der Waals surface area contributed by atoms with Gasteiger partial charge in [0.25, 0.3) is 0 Å². The molecule has 4 aromatic rings. The lowest BCUT2D eigenvalue weighted by Gasteiger charge is -2.23. The van der Waals surface area contributed by atoms with E-state index in [2.05, 4.69) is 109 Å². The predicted molar refractivity (Wildman–Crippen MR) is 128 cm³/mol. The van der Waals surface area contributed by atoms with Gasteiger partial charge in [-0.1, -0.05) is 103 Å². The van der Waals surface area contributed by atoms with Gasteiger partial charge in [0, 0.05) is 0 Å². The van der Waals surface area contributed by atoms with Gasteiger partial charge in [0.05, 0.1) is 0 Å². The molecular formula is C30H22. The first-order chi connectivity index (χ1) is 14.9. The Bertz CT molecular complexity index is 1360. The maximum absolute atomic E-state index is 2.40. The molecule has 0 amide bonds. The summed E-state index contributed by atoms with van der Waals surface area (Å²) in [6.07, 6.45) is 11.2. The van der Waals surface area contributed by atoms with E-state index in [9.17, 15) is 0 Å². The van der Waals surface area contributed by atoms with Crippen molar-refractivity contribution < 1.29 is 0 Å². The molecule has 0 N–H and O–H groups in total. The van der Waals surface area contributed by atoms with Gasteiger partial charge in [0.1, 0.15) is 0 Å². The largest absolute Gasteiger partial charge is 0.0801 e. The Morgan fingerprint density at radius 2 is 1.30 bits per heavy atom. The summed E-state index contributed by atoms with van der Waals surface area (Å²) in [5.74, 6) is 0. The molecule has 2 aliphatic rings. The summed E-state index contributed by atoms with van der Waals surface area (Å²) in [6, 6.07) is 31.0. The van der Waals surface area contributed by atoms with Crippen LogP contribution in [0.1, 0.15) is 17.5 Å². The molecule has 0 fully saturated rings. The standard InChI is InChI=1S/C30H22/c1-2-8-21(9-3-1)26-18-19-27(29-13-7-6-12-28(26)29)24-17-16-23-15-14-22-10-4-5-11-25(22)30(23)20-24/h1-9,11-14,16-20H,10,15H2. The van der Waals surface area contributed by atoms with E-state index in [4.69, 9.17) is 0 Å². The molecule has 0 aliphatic heterocycles. The minimum atomic E-state index is 1.03. The Balaban J connectivity index is 1.54. The van der Waals surface area contributed by atoms with Crippen LogP contribution in [0.25, 0.3) is 38.6 Å². The highest BCUT2D eigenvalue weighted by molar-refractivity contribution is 6.05. The Hall–Kier alpha value is -3.64. The second kappa shape index (κ2) is 7.00. The molecular weight excluding hydrogens is 360 g/mol. The van der Waals surface area contributed by atoms with Gasteiger partial charge in [-0.3, -0.25) is 0 Å². The highest BCUT2D eigenvalue weighted by Gasteiger charge is 2.19. The average molecular weight is 383 g/mol. The topological polar surface area (TPSA) is 0 Å². The van der Waals surface area contributed by atoms with Crippen molar-refractivity contribution in [2.45, 2.75) is 12.8 Å². The van der Waals surface area contributed by atoms with Crippen molar-refractivity contribution in [3.63, 3.8) is 0 Å². The summed E-state index contributed by atoms with van der Waals surface area (Å²) < 4.78 is 0. The number of rotatable bonds is 2. The SMILES string of the molecule is C1=CCC2=CCc3ccc(-c4ccc(-c5ccccc5)c5ccccc45)cc3C2=C1. The molecule has 30 heavy (non-hydrogen) atoms. The maximum Gasteiger partial charge on any atom is -0.00851 e.